The summed E-state index contributed by atoms with van der Waals surface area (Å²) in [5.41, 5.74) is 1.68. The zero-order valence-corrected chi connectivity index (χ0v) is 24.5. The molecule has 8 rings (SSSR count). The summed E-state index contributed by atoms with van der Waals surface area (Å²) in [6.07, 6.45) is -5.20. The number of halogens is 4. The third-order valence-corrected chi connectivity index (χ3v) is 12.2. The minimum absolute atomic E-state index is 0.00323. The lowest BCUT2D eigenvalue weighted by Crippen LogP contribution is -2.14. The highest BCUT2D eigenvalue weighted by Gasteiger charge is 2.52. The molecule has 2 aliphatic heterocycles. The van der Waals surface area contributed by atoms with Crippen LogP contribution in [0.2, 0.25) is 0 Å². The Morgan fingerprint density at radius 2 is 0.909 bits per heavy atom. The number of rotatable bonds is 6. The maximum atomic E-state index is 14.2. The van der Waals surface area contributed by atoms with Crippen LogP contribution in [0.15, 0.2) is 71.0 Å². The average molecular weight is 651 g/mol. The molecule has 0 N–H and O–H groups in total. The molecular weight excluding hydrogens is 624 g/mol. The maximum Gasteiger partial charge on any atom is 0.267 e. The van der Waals surface area contributed by atoms with Gasteiger partial charge in [-0.3, -0.25) is 0 Å². The minimum Gasteiger partial charge on any atom is -0.246 e. The maximum absolute atomic E-state index is 14.2. The van der Waals surface area contributed by atoms with Gasteiger partial charge in [0.15, 0.2) is 24.0 Å². The quantitative estimate of drug-likeness (QED) is 0.282. The molecule has 0 spiro atoms. The first-order valence-corrected chi connectivity index (χ1v) is 17.1. The molecule has 0 amide bonds. The second-order valence-electron chi connectivity index (χ2n) is 11.3. The smallest absolute Gasteiger partial charge is 0.246 e. The summed E-state index contributed by atoms with van der Waals surface area (Å²) in [5, 5.41) is 4.87. The van der Waals surface area contributed by atoms with E-state index in [4.69, 9.17) is 0 Å². The third-order valence-electron chi connectivity index (χ3n) is 8.28. The fourth-order valence-corrected chi connectivity index (χ4v) is 8.70. The van der Waals surface area contributed by atoms with Gasteiger partial charge < -0.3 is 0 Å². The van der Waals surface area contributed by atoms with Crippen molar-refractivity contribution in [3.05, 3.63) is 83.4 Å². The monoisotopic (exact) mass is 650 g/mol. The SMILES string of the molecule is O=S(=O)(c1nc2n(n1)[C@H](c1ccccc1)C[C@@H]2F)[C@@H]1C[C@H]1F.O=S(=O)(c1nc2n(n1)[C@H](c1ccccc1)C[C@@H]2F)[C@H]1C[C@@H]1F. The van der Waals surface area contributed by atoms with Gasteiger partial charge in [-0.25, -0.2) is 43.8 Å². The molecule has 10 nitrogen and oxygen atoms in total. The van der Waals surface area contributed by atoms with E-state index in [0.29, 0.717) is 0 Å². The van der Waals surface area contributed by atoms with Crippen LogP contribution in [-0.4, -0.2) is 69.2 Å². The topological polar surface area (TPSA) is 130 Å². The van der Waals surface area contributed by atoms with Gasteiger partial charge in [0, 0.05) is 12.8 Å². The molecule has 4 aromatic rings. The summed E-state index contributed by atoms with van der Waals surface area (Å²) in [7, 11) is -7.81. The molecule has 0 unspecified atom stereocenters. The van der Waals surface area contributed by atoms with Crippen LogP contribution >= 0.6 is 0 Å². The number of hydrogen-bond donors (Lipinski definition) is 0. The van der Waals surface area contributed by atoms with Crippen LogP contribution in [0, 0.1) is 0 Å². The van der Waals surface area contributed by atoms with Crippen molar-refractivity contribution in [2.24, 2.45) is 0 Å². The van der Waals surface area contributed by atoms with Crippen molar-refractivity contribution < 1.29 is 34.4 Å². The van der Waals surface area contributed by atoms with Crippen molar-refractivity contribution in [2.45, 2.75) is 83.3 Å². The molecule has 4 aliphatic rings. The van der Waals surface area contributed by atoms with Gasteiger partial charge in [-0.05, 0) is 24.0 Å². The lowest BCUT2D eigenvalue weighted by Gasteiger charge is -2.11. The van der Waals surface area contributed by atoms with Crippen molar-refractivity contribution in [3.63, 3.8) is 0 Å². The highest BCUT2D eigenvalue weighted by molar-refractivity contribution is 7.92. The van der Waals surface area contributed by atoms with E-state index in [1.807, 2.05) is 60.7 Å². The Morgan fingerprint density at radius 1 is 0.568 bits per heavy atom. The molecule has 2 saturated carbocycles. The fourth-order valence-electron chi connectivity index (χ4n) is 5.66. The van der Waals surface area contributed by atoms with Crippen molar-refractivity contribution in [3.8, 4) is 0 Å². The Balaban J connectivity index is 0.000000142. The van der Waals surface area contributed by atoms with E-state index in [1.54, 1.807) is 0 Å². The third kappa shape index (κ3) is 4.91. The van der Waals surface area contributed by atoms with Crippen molar-refractivity contribution in [1.82, 2.24) is 29.5 Å². The molecule has 0 bridgehead atoms. The zero-order chi connectivity index (χ0) is 31.0. The second-order valence-corrected chi connectivity index (χ2v) is 15.4. The number of benzene rings is 2. The molecular formula is C28H26F4N6O4S2. The minimum atomic E-state index is -3.91. The molecule has 2 aromatic heterocycles. The summed E-state index contributed by atoms with van der Waals surface area (Å²) in [4.78, 5) is 7.67. The average Bonchev–Trinajstić information content (AvgIpc) is 3.66. The van der Waals surface area contributed by atoms with Crippen LogP contribution in [0.25, 0.3) is 0 Å². The Labute approximate surface area is 250 Å². The van der Waals surface area contributed by atoms with Crippen LogP contribution in [0.5, 0.6) is 0 Å². The Hall–Kier alpha value is -3.66. The standard InChI is InChI=1S/2C14H13F2N3O2S/c2*15-9-7-12(9)22(20,21)14-17-13-10(16)6-11(19(13)18-14)8-4-2-1-3-5-8/h2*1-5,9-12H,6-7H2/t9-,10+,11+,12-;9-,10-,11-,12-/m10/s1. The first-order valence-electron chi connectivity index (χ1n) is 14.0. The molecule has 44 heavy (non-hydrogen) atoms. The molecule has 8 atom stereocenters. The van der Waals surface area contributed by atoms with E-state index in [2.05, 4.69) is 20.2 Å². The molecule has 4 heterocycles. The molecule has 16 heteroatoms. The van der Waals surface area contributed by atoms with Gasteiger partial charge in [-0.15, -0.1) is 10.2 Å². The molecule has 2 aromatic carbocycles. The van der Waals surface area contributed by atoms with Crippen LogP contribution in [-0.2, 0) is 19.7 Å². The van der Waals surface area contributed by atoms with Gasteiger partial charge in [0.1, 0.15) is 22.8 Å². The highest BCUT2D eigenvalue weighted by Crippen LogP contribution is 2.43. The number of alkyl halides is 4. The van der Waals surface area contributed by atoms with Gasteiger partial charge in [0.25, 0.3) is 10.3 Å². The van der Waals surface area contributed by atoms with E-state index >= 15 is 0 Å². The predicted octanol–water partition coefficient (Wildman–Crippen LogP) is 4.33. The normalized spacial score (nSPS) is 30.3. The van der Waals surface area contributed by atoms with Gasteiger partial charge in [-0.2, -0.15) is 9.97 Å². The van der Waals surface area contributed by atoms with Crippen molar-refractivity contribution in [2.75, 3.05) is 0 Å². The number of sulfone groups is 2. The fraction of sp³-hybridized carbons (Fsp3) is 0.429. The number of aromatic nitrogens is 6. The lowest BCUT2D eigenvalue weighted by atomic mass is 10.0. The largest absolute Gasteiger partial charge is 0.267 e. The molecule has 2 fully saturated rings. The predicted molar refractivity (Wildman–Crippen MR) is 147 cm³/mol. The van der Waals surface area contributed by atoms with E-state index < -0.39 is 65.2 Å². The van der Waals surface area contributed by atoms with Gasteiger partial charge in [0.05, 0.1) is 12.1 Å². The van der Waals surface area contributed by atoms with Gasteiger partial charge in [-0.1, -0.05) is 60.7 Å². The Kier molecular flexibility index (Phi) is 6.91. The summed E-state index contributed by atoms with van der Waals surface area (Å²) in [6, 6.07) is 17.6. The van der Waals surface area contributed by atoms with Crippen LogP contribution in [0.1, 0.15) is 72.9 Å². The first kappa shape index (κ1) is 29.1. The highest BCUT2D eigenvalue weighted by atomic mass is 32.2. The van der Waals surface area contributed by atoms with Gasteiger partial charge >= 0.3 is 0 Å². The van der Waals surface area contributed by atoms with Crippen LogP contribution in [0.4, 0.5) is 17.6 Å². The summed E-state index contributed by atoms with van der Waals surface area (Å²) in [5.74, 6) is 0.00646. The Bertz CT molecular complexity index is 1780. The van der Waals surface area contributed by atoms with Crippen molar-refractivity contribution in [1.29, 1.82) is 0 Å². The van der Waals surface area contributed by atoms with E-state index in [-0.39, 0.29) is 49.4 Å². The van der Waals surface area contributed by atoms with E-state index in [1.165, 1.54) is 9.36 Å². The van der Waals surface area contributed by atoms with Crippen molar-refractivity contribution >= 4 is 19.7 Å². The number of fused-ring (bicyclic) bond motifs is 2. The zero-order valence-electron chi connectivity index (χ0n) is 22.9. The number of nitrogens with zero attached hydrogens (tertiary/aromatic N) is 6. The van der Waals surface area contributed by atoms with E-state index in [0.717, 1.165) is 11.1 Å². The van der Waals surface area contributed by atoms with Crippen LogP contribution in [0.3, 0.4) is 0 Å². The molecule has 0 radical (unpaired) electrons. The van der Waals surface area contributed by atoms with E-state index in [9.17, 15) is 34.4 Å². The summed E-state index contributed by atoms with van der Waals surface area (Å²) < 4.78 is 106. The molecule has 0 saturated heterocycles. The number of hydrogen-bond acceptors (Lipinski definition) is 8. The van der Waals surface area contributed by atoms with Crippen LogP contribution < -0.4 is 0 Å². The Morgan fingerprint density at radius 3 is 1.23 bits per heavy atom. The second kappa shape index (κ2) is 10.5. The summed E-state index contributed by atoms with van der Waals surface area (Å²) >= 11 is 0. The lowest BCUT2D eigenvalue weighted by molar-refractivity contribution is 0.326. The van der Waals surface area contributed by atoms with Gasteiger partial charge in [0.2, 0.25) is 19.7 Å². The first-order chi connectivity index (χ1) is 21.0. The molecule has 2 aliphatic carbocycles. The molecule has 232 valence electrons. The summed E-state index contributed by atoms with van der Waals surface area (Å²) in [6.45, 7) is 0.